The second-order valence-corrected chi connectivity index (χ2v) is 4.88. The van der Waals surface area contributed by atoms with E-state index in [0.29, 0.717) is 5.75 Å². The summed E-state index contributed by atoms with van der Waals surface area (Å²) in [6, 6.07) is 23.7. The van der Waals surface area contributed by atoms with Crippen LogP contribution in [0.25, 0.3) is 10.8 Å². The van der Waals surface area contributed by atoms with Crippen LogP contribution in [-0.4, -0.2) is 11.7 Å². The van der Waals surface area contributed by atoms with E-state index in [1.807, 2.05) is 42.5 Å². The van der Waals surface area contributed by atoms with Gasteiger partial charge in [-0.1, -0.05) is 66.7 Å². The molecule has 0 amide bonds. The molecule has 0 saturated carbocycles. The van der Waals surface area contributed by atoms with Crippen LogP contribution in [0.5, 0.6) is 5.75 Å². The largest absolute Gasteiger partial charge is 0.507 e. The van der Waals surface area contributed by atoms with Crippen molar-refractivity contribution in [3.8, 4) is 5.75 Å². The third-order valence-corrected chi connectivity index (χ3v) is 3.28. The summed E-state index contributed by atoms with van der Waals surface area (Å²) in [5.74, 6) is 0.350. The number of aryl methyl sites for hydroxylation is 1. The number of hydrogen-bond acceptors (Lipinski definition) is 2. The van der Waals surface area contributed by atoms with Gasteiger partial charge < -0.3 is 10.8 Å². The van der Waals surface area contributed by atoms with Gasteiger partial charge in [-0.3, -0.25) is 0 Å². The summed E-state index contributed by atoms with van der Waals surface area (Å²) in [6.07, 6.45) is 2.20. The van der Waals surface area contributed by atoms with E-state index in [4.69, 9.17) is 5.73 Å². The Morgan fingerprint density at radius 2 is 1.43 bits per heavy atom. The molecule has 0 aliphatic rings. The molecule has 21 heavy (non-hydrogen) atoms. The highest BCUT2D eigenvalue weighted by Gasteiger charge is 1.94. The number of nitrogens with two attached hydrogens (primary N) is 1. The first-order valence-electron chi connectivity index (χ1n) is 7.22. The van der Waals surface area contributed by atoms with Crippen molar-refractivity contribution in [2.45, 2.75) is 12.8 Å². The SMILES string of the molecule is NCCCc1ccccc1.Oc1cccc2ccccc12. The number of phenols is 1. The molecule has 0 unspecified atom stereocenters. The van der Waals surface area contributed by atoms with E-state index in [1.54, 1.807) is 6.07 Å². The number of benzene rings is 3. The Labute approximate surface area is 125 Å². The third-order valence-electron chi connectivity index (χ3n) is 3.28. The fourth-order valence-electron chi connectivity index (χ4n) is 2.16. The van der Waals surface area contributed by atoms with E-state index < -0.39 is 0 Å². The van der Waals surface area contributed by atoms with Gasteiger partial charge in [0.1, 0.15) is 5.75 Å². The smallest absolute Gasteiger partial charge is 0.123 e. The maximum Gasteiger partial charge on any atom is 0.123 e. The van der Waals surface area contributed by atoms with E-state index in [2.05, 4.69) is 24.3 Å². The van der Waals surface area contributed by atoms with Gasteiger partial charge in [0.15, 0.2) is 0 Å². The number of fused-ring (bicyclic) bond motifs is 1. The molecule has 3 aromatic carbocycles. The molecule has 0 heterocycles. The maximum atomic E-state index is 9.37. The van der Waals surface area contributed by atoms with Gasteiger partial charge in [-0.15, -0.1) is 0 Å². The summed E-state index contributed by atoms with van der Waals surface area (Å²) in [4.78, 5) is 0. The Hall–Kier alpha value is -2.32. The molecule has 0 aromatic heterocycles. The highest BCUT2D eigenvalue weighted by atomic mass is 16.3. The minimum Gasteiger partial charge on any atom is -0.507 e. The molecule has 3 aromatic rings. The Morgan fingerprint density at radius 1 is 0.762 bits per heavy atom. The lowest BCUT2D eigenvalue weighted by atomic mass is 10.1. The number of rotatable bonds is 3. The van der Waals surface area contributed by atoms with Crippen LogP contribution in [-0.2, 0) is 6.42 Å². The van der Waals surface area contributed by atoms with Crippen molar-refractivity contribution >= 4 is 10.8 Å². The topological polar surface area (TPSA) is 46.2 Å². The van der Waals surface area contributed by atoms with Gasteiger partial charge in [-0.2, -0.15) is 0 Å². The van der Waals surface area contributed by atoms with Crippen LogP contribution in [0.1, 0.15) is 12.0 Å². The van der Waals surface area contributed by atoms with Crippen molar-refractivity contribution in [2.24, 2.45) is 5.73 Å². The van der Waals surface area contributed by atoms with E-state index in [9.17, 15) is 5.11 Å². The molecule has 0 aliphatic carbocycles. The van der Waals surface area contributed by atoms with Crippen LogP contribution in [0, 0.1) is 0 Å². The molecule has 3 rings (SSSR count). The summed E-state index contributed by atoms with van der Waals surface area (Å²) in [7, 11) is 0. The molecular weight excluding hydrogens is 258 g/mol. The molecule has 3 N–H and O–H groups in total. The first kappa shape index (κ1) is 15.1. The molecule has 0 saturated heterocycles. The lowest BCUT2D eigenvalue weighted by molar-refractivity contribution is 0.481. The summed E-state index contributed by atoms with van der Waals surface area (Å²) in [5.41, 5.74) is 6.76. The zero-order chi connectivity index (χ0) is 14.9. The minimum atomic E-state index is 0.350. The van der Waals surface area contributed by atoms with Gasteiger partial charge in [0, 0.05) is 5.39 Å². The van der Waals surface area contributed by atoms with Crippen LogP contribution in [0.2, 0.25) is 0 Å². The molecule has 2 heteroatoms. The van der Waals surface area contributed by atoms with Crippen LogP contribution in [0.15, 0.2) is 72.8 Å². The van der Waals surface area contributed by atoms with Crippen LogP contribution in [0.3, 0.4) is 0 Å². The molecular formula is C19H21NO. The molecule has 108 valence electrons. The first-order valence-corrected chi connectivity index (χ1v) is 7.22. The van der Waals surface area contributed by atoms with Gasteiger partial charge >= 0.3 is 0 Å². The summed E-state index contributed by atoms with van der Waals surface area (Å²) >= 11 is 0. The molecule has 0 bridgehead atoms. The second kappa shape index (κ2) is 8.08. The molecule has 0 fully saturated rings. The maximum absolute atomic E-state index is 9.37. The first-order chi connectivity index (χ1) is 10.3. The molecule has 0 atom stereocenters. The molecule has 0 radical (unpaired) electrons. The normalized spacial score (nSPS) is 9.95. The Balaban J connectivity index is 0.000000155. The summed E-state index contributed by atoms with van der Waals surface area (Å²) in [6.45, 7) is 0.787. The Morgan fingerprint density at radius 3 is 2.14 bits per heavy atom. The van der Waals surface area contributed by atoms with Crippen molar-refractivity contribution in [3.63, 3.8) is 0 Å². The quantitative estimate of drug-likeness (QED) is 0.757. The van der Waals surface area contributed by atoms with Gasteiger partial charge in [0.2, 0.25) is 0 Å². The predicted molar refractivity (Wildman–Crippen MR) is 89.4 cm³/mol. The van der Waals surface area contributed by atoms with E-state index >= 15 is 0 Å². The zero-order valence-electron chi connectivity index (χ0n) is 12.1. The number of phenolic OH excluding ortho intramolecular Hbond substituents is 1. The van der Waals surface area contributed by atoms with E-state index in [0.717, 1.165) is 30.2 Å². The van der Waals surface area contributed by atoms with Crippen molar-refractivity contribution in [1.82, 2.24) is 0 Å². The van der Waals surface area contributed by atoms with E-state index in [-0.39, 0.29) is 0 Å². The molecule has 2 nitrogen and oxygen atoms in total. The standard InChI is InChI=1S/C10H8O.C9H13N/c11-10-7-3-5-8-4-1-2-6-9(8)10;10-8-4-7-9-5-2-1-3-6-9/h1-7,11H;1-3,5-6H,4,7-8,10H2. The van der Waals surface area contributed by atoms with Gasteiger partial charge in [0.05, 0.1) is 0 Å². The number of hydrogen-bond donors (Lipinski definition) is 2. The molecule has 0 aliphatic heterocycles. The minimum absolute atomic E-state index is 0.350. The Kier molecular flexibility index (Phi) is 5.80. The summed E-state index contributed by atoms with van der Waals surface area (Å²) in [5, 5.41) is 11.4. The number of aromatic hydroxyl groups is 1. The lowest BCUT2D eigenvalue weighted by Gasteiger charge is -1.97. The summed E-state index contributed by atoms with van der Waals surface area (Å²) < 4.78 is 0. The monoisotopic (exact) mass is 279 g/mol. The predicted octanol–water partition coefficient (Wildman–Crippen LogP) is 4.12. The van der Waals surface area contributed by atoms with Crippen LogP contribution in [0.4, 0.5) is 0 Å². The average Bonchev–Trinajstić information content (AvgIpc) is 2.55. The van der Waals surface area contributed by atoms with Crippen molar-refractivity contribution in [2.75, 3.05) is 6.54 Å². The van der Waals surface area contributed by atoms with Crippen molar-refractivity contribution in [1.29, 1.82) is 0 Å². The van der Waals surface area contributed by atoms with Gasteiger partial charge in [-0.05, 0) is 36.4 Å². The van der Waals surface area contributed by atoms with Gasteiger partial charge in [-0.25, -0.2) is 0 Å². The second-order valence-electron chi connectivity index (χ2n) is 4.88. The van der Waals surface area contributed by atoms with Crippen LogP contribution < -0.4 is 5.73 Å². The lowest BCUT2D eigenvalue weighted by Crippen LogP contribution is -1.99. The van der Waals surface area contributed by atoms with Crippen molar-refractivity contribution in [3.05, 3.63) is 78.4 Å². The average molecular weight is 279 g/mol. The van der Waals surface area contributed by atoms with Gasteiger partial charge in [0.25, 0.3) is 0 Å². The zero-order valence-corrected chi connectivity index (χ0v) is 12.1. The third kappa shape index (κ3) is 4.62. The fourth-order valence-corrected chi connectivity index (χ4v) is 2.16. The van der Waals surface area contributed by atoms with Crippen LogP contribution >= 0.6 is 0 Å². The highest BCUT2D eigenvalue weighted by Crippen LogP contribution is 2.22. The fraction of sp³-hybridized carbons (Fsp3) is 0.158. The van der Waals surface area contributed by atoms with Crippen molar-refractivity contribution < 1.29 is 5.11 Å². The van der Waals surface area contributed by atoms with E-state index in [1.165, 1.54) is 5.56 Å². The molecule has 0 spiro atoms. The highest BCUT2D eigenvalue weighted by molar-refractivity contribution is 5.87. The Bertz CT molecular complexity index is 659.